The Kier molecular flexibility index (Phi) is 5.49. The van der Waals surface area contributed by atoms with Crippen LogP contribution in [0.4, 0.5) is 0 Å². The Hall–Kier alpha value is -0.790. The van der Waals surface area contributed by atoms with Crippen molar-refractivity contribution in [1.29, 1.82) is 0 Å². The molecule has 3 saturated heterocycles. The fraction of sp³-hybridized carbons (Fsp3) is 0.875. The molecule has 0 aromatic rings. The number of nitrogens with zero attached hydrogens (tertiary/aromatic N) is 2. The van der Waals surface area contributed by atoms with Gasteiger partial charge < -0.3 is 19.3 Å². The third kappa shape index (κ3) is 4.00. The van der Waals surface area contributed by atoms with Crippen LogP contribution in [0.25, 0.3) is 0 Å². The van der Waals surface area contributed by atoms with Crippen LogP contribution in [0.3, 0.4) is 0 Å². The largest absolute Gasteiger partial charge is 0.372 e. The van der Waals surface area contributed by atoms with E-state index in [9.17, 15) is 9.59 Å². The van der Waals surface area contributed by atoms with Crippen LogP contribution in [0.15, 0.2) is 0 Å². The second kappa shape index (κ2) is 7.40. The smallest absolute Gasteiger partial charge is 0.248 e. The van der Waals surface area contributed by atoms with E-state index in [4.69, 9.17) is 9.47 Å². The van der Waals surface area contributed by atoms with Crippen LogP contribution in [0.5, 0.6) is 0 Å². The van der Waals surface area contributed by atoms with E-state index in [0.29, 0.717) is 6.61 Å². The maximum atomic E-state index is 12.0. The molecule has 3 heterocycles. The number of likely N-dealkylation sites (tertiary alicyclic amines) is 2. The first-order chi connectivity index (χ1) is 11.1. The quantitative estimate of drug-likeness (QED) is 0.713. The molecule has 2 amide bonds. The van der Waals surface area contributed by atoms with Crippen molar-refractivity contribution in [3.63, 3.8) is 0 Å². The molecule has 0 radical (unpaired) electrons. The van der Waals surface area contributed by atoms with Crippen molar-refractivity contribution in [1.82, 2.24) is 9.80 Å². The molecule has 0 bridgehead atoms. The summed E-state index contributed by atoms with van der Waals surface area (Å²) in [5.74, 6) is 1.11. The van der Waals surface area contributed by atoms with Crippen LogP contribution >= 0.6 is 11.8 Å². The molecule has 6 nitrogen and oxygen atoms in total. The van der Waals surface area contributed by atoms with E-state index < -0.39 is 0 Å². The molecule has 3 aliphatic rings. The Bertz CT molecular complexity index is 447. The van der Waals surface area contributed by atoms with Crippen molar-refractivity contribution < 1.29 is 19.1 Å². The van der Waals surface area contributed by atoms with Crippen molar-refractivity contribution in [3.8, 4) is 0 Å². The summed E-state index contributed by atoms with van der Waals surface area (Å²) < 4.78 is 11.1. The number of rotatable bonds is 6. The Labute approximate surface area is 141 Å². The maximum absolute atomic E-state index is 12.0. The molecule has 0 unspecified atom stereocenters. The zero-order chi connectivity index (χ0) is 16.3. The lowest BCUT2D eigenvalue weighted by atomic mass is 9.93. The number of thioether (sulfide) groups is 1. The molecule has 0 aliphatic carbocycles. The highest BCUT2D eigenvalue weighted by molar-refractivity contribution is 8.01. The van der Waals surface area contributed by atoms with Gasteiger partial charge in [0.1, 0.15) is 13.2 Å². The molecule has 0 N–H and O–H groups in total. The van der Waals surface area contributed by atoms with E-state index in [2.05, 4.69) is 0 Å². The van der Waals surface area contributed by atoms with E-state index in [-0.39, 0.29) is 35.9 Å². The second-order valence-corrected chi connectivity index (χ2v) is 8.09. The monoisotopic (exact) mass is 342 g/mol. The molecule has 3 aliphatic heterocycles. The van der Waals surface area contributed by atoms with Crippen LogP contribution in [0.1, 0.15) is 26.2 Å². The number of hydrogen-bond donors (Lipinski definition) is 0. The first-order valence-electron chi connectivity index (χ1n) is 8.51. The highest BCUT2D eigenvalue weighted by Crippen LogP contribution is 2.46. The zero-order valence-electron chi connectivity index (χ0n) is 13.8. The summed E-state index contributed by atoms with van der Waals surface area (Å²) in [7, 11) is 0. The van der Waals surface area contributed by atoms with Gasteiger partial charge in [0.05, 0.1) is 10.9 Å². The highest BCUT2D eigenvalue weighted by Gasteiger charge is 2.50. The summed E-state index contributed by atoms with van der Waals surface area (Å²) in [5.41, 5.74) is 0. The van der Waals surface area contributed by atoms with Crippen LogP contribution in [-0.4, -0.2) is 84.2 Å². The normalized spacial score (nSPS) is 25.9. The molecule has 0 saturated carbocycles. The minimum atomic E-state index is 0.0756. The minimum Gasteiger partial charge on any atom is -0.372 e. The maximum Gasteiger partial charge on any atom is 0.248 e. The van der Waals surface area contributed by atoms with Crippen molar-refractivity contribution in [2.75, 3.05) is 51.8 Å². The van der Waals surface area contributed by atoms with Gasteiger partial charge in [-0.05, 0) is 26.2 Å². The van der Waals surface area contributed by atoms with Gasteiger partial charge >= 0.3 is 0 Å². The molecule has 3 rings (SSSR count). The van der Waals surface area contributed by atoms with Gasteiger partial charge in [0.2, 0.25) is 11.8 Å². The summed E-state index contributed by atoms with van der Waals surface area (Å²) in [5, 5.41) is 0. The summed E-state index contributed by atoms with van der Waals surface area (Å²) in [6, 6.07) is 0. The SMILES string of the molecule is CCOCC(=O)N1CC2(C[C@H](OCC(=O)N3CCCC3)CS2)C1. The standard InChI is InChI=1S/C16H26N2O4S/c1-2-21-8-14(19)18-11-16(12-18)7-13(10-23-16)22-9-15(20)17-5-3-4-6-17/h13H,2-12H2,1H3/t13-/m0/s1. The van der Waals surface area contributed by atoms with Gasteiger partial charge in [0.15, 0.2) is 0 Å². The van der Waals surface area contributed by atoms with Gasteiger partial charge in [-0.1, -0.05) is 0 Å². The second-order valence-electron chi connectivity index (χ2n) is 6.61. The molecule has 0 aromatic heterocycles. The van der Waals surface area contributed by atoms with Crippen molar-refractivity contribution in [2.24, 2.45) is 0 Å². The van der Waals surface area contributed by atoms with Crippen LogP contribution in [-0.2, 0) is 19.1 Å². The fourth-order valence-corrected chi connectivity index (χ4v) is 5.03. The molecule has 130 valence electrons. The molecular formula is C16H26N2O4S. The Balaban J connectivity index is 1.36. The van der Waals surface area contributed by atoms with Gasteiger partial charge in [0.25, 0.3) is 0 Å². The fourth-order valence-electron chi connectivity index (χ4n) is 3.48. The number of carbonyl (C=O) groups excluding carboxylic acids is 2. The van der Waals surface area contributed by atoms with Gasteiger partial charge in [-0.15, -0.1) is 11.8 Å². The number of carbonyl (C=O) groups is 2. The third-order valence-electron chi connectivity index (χ3n) is 4.82. The molecule has 23 heavy (non-hydrogen) atoms. The molecule has 1 atom stereocenters. The van der Waals surface area contributed by atoms with Gasteiger partial charge in [-0.3, -0.25) is 9.59 Å². The highest BCUT2D eigenvalue weighted by atomic mass is 32.2. The molecule has 3 fully saturated rings. The van der Waals surface area contributed by atoms with Crippen molar-refractivity contribution >= 4 is 23.6 Å². The number of ether oxygens (including phenoxy) is 2. The Morgan fingerprint density at radius 1 is 1.13 bits per heavy atom. The number of amides is 2. The first kappa shape index (κ1) is 17.0. The van der Waals surface area contributed by atoms with E-state index in [1.165, 1.54) is 0 Å². The predicted octanol–water partition coefficient (Wildman–Crippen LogP) is 0.748. The summed E-state index contributed by atoms with van der Waals surface area (Å²) >= 11 is 1.88. The van der Waals surface area contributed by atoms with Crippen LogP contribution < -0.4 is 0 Å². The Morgan fingerprint density at radius 2 is 1.83 bits per heavy atom. The van der Waals surface area contributed by atoms with E-state index in [1.54, 1.807) is 0 Å². The first-order valence-corrected chi connectivity index (χ1v) is 9.49. The topological polar surface area (TPSA) is 59.1 Å². The molecule has 0 aromatic carbocycles. The lowest BCUT2D eigenvalue weighted by Gasteiger charge is -2.47. The average Bonchev–Trinajstić information content (AvgIpc) is 3.18. The molecular weight excluding hydrogens is 316 g/mol. The van der Waals surface area contributed by atoms with E-state index in [0.717, 1.165) is 51.2 Å². The third-order valence-corrected chi connectivity index (χ3v) is 6.39. The summed E-state index contributed by atoms with van der Waals surface area (Å²) in [6.07, 6.45) is 3.29. The summed E-state index contributed by atoms with van der Waals surface area (Å²) in [4.78, 5) is 27.7. The Morgan fingerprint density at radius 3 is 2.52 bits per heavy atom. The average molecular weight is 342 g/mol. The lowest BCUT2D eigenvalue weighted by Crippen LogP contribution is -2.61. The van der Waals surface area contributed by atoms with Gasteiger partial charge in [0, 0.05) is 38.5 Å². The van der Waals surface area contributed by atoms with E-state index in [1.807, 2.05) is 28.5 Å². The van der Waals surface area contributed by atoms with E-state index >= 15 is 0 Å². The van der Waals surface area contributed by atoms with Crippen molar-refractivity contribution in [3.05, 3.63) is 0 Å². The number of hydrogen-bond acceptors (Lipinski definition) is 5. The van der Waals surface area contributed by atoms with Gasteiger partial charge in [-0.2, -0.15) is 0 Å². The molecule has 1 spiro atoms. The minimum absolute atomic E-state index is 0.0756. The van der Waals surface area contributed by atoms with Crippen molar-refractivity contribution in [2.45, 2.75) is 37.0 Å². The molecule has 7 heteroatoms. The van der Waals surface area contributed by atoms with Crippen LogP contribution in [0, 0.1) is 0 Å². The summed E-state index contributed by atoms with van der Waals surface area (Å²) in [6.45, 7) is 6.16. The lowest BCUT2D eigenvalue weighted by molar-refractivity contribution is -0.141. The van der Waals surface area contributed by atoms with Crippen LogP contribution in [0.2, 0.25) is 0 Å². The van der Waals surface area contributed by atoms with Gasteiger partial charge in [-0.25, -0.2) is 0 Å². The predicted molar refractivity (Wildman–Crippen MR) is 88.4 cm³/mol. The zero-order valence-corrected chi connectivity index (χ0v) is 14.6.